The van der Waals surface area contributed by atoms with Crippen molar-refractivity contribution in [3.63, 3.8) is 0 Å². The van der Waals surface area contributed by atoms with Gasteiger partial charge in [-0.25, -0.2) is 0 Å². The van der Waals surface area contributed by atoms with Gasteiger partial charge in [-0.2, -0.15) is 0 Å². The highest BCUT2D eigenvalue weighted by molar-refractivity contribution is 5.85. The predicted octanol–water partition coefficient (Wildman–Crippen LogP) is 3.08. The maximum Gasteiger partial charge on any atom is 0.203 e. The Kier molecular flexibility index (Phi) is 10.9. The van der Waals surface area contributed by atoms with Gasteiger partial charge >= 0.3 is 0 Å². The normalized spacial score (nSPS) is 15.5. The third-order valence-electron chi connectivity index (χ3n) is 4.08. The Balaban J connectivity index is 0.00000264. The fourth-order valence-electron chi connectivity index (χ4n) is 3.01. The van der Waals surface area contributed by atoms with Crippen molar-refractivity contribution >= 4 is 24.8 Å². The first-order valence-electron chi connectivity index (χ1n) is 7.61. The topological polar surface area (TPSA) is 43.0 Å². The van der Waals surface area contributed by atoms with Crippen molar-refractivity contribution in [2.45, 2.75) is 12.5 Å². The number of ether oxygens (including phenoxy) is 3. The van der Waals surface area contributed by atoms with Gasteiger partial charge in [0.15, 0.2) is 11.5 Å². The summed E-state index contributed by atoms with van der Waals surface area (Å²) in [6.07, 6.45) is 2.83. The zero-order valence-electron chi connectivity index (χ0n) is 14.5. The van der Waals surface area contributed by atoms with Gasteiger partial charge in [-0.1, -0.05) is 6.08 Å². The molecule has 1 N–H and O–H groups in total. The number of hydrogen-bond acceptors (Lipinski definition) is 5. The van der Waals surface area contributed by atoms with Gasteiger partial charge in [0.1, 0.15) is 0 Å². The Morgan fingerprint density at radius 1 is 1.08 bits per heavy atom. The van der Waals surface area contributed by atoms with E-state index in [9.17, 15) is 0 Å². The summed E-state index contributed by atoms with van der Waals surface area (Å²) in [5, 5.41) is 3.39. The van der Waals surface area contributed by atoms with Crippen molar-refractivity contribution in [2.24, 2.45) is 0 Å². The summed E-state index contributed by atoms with van der Waals surface area (Å²) in [5.74, 6) is 2.07. The minimum absolute atomic E-state index is 0. The number of nitrogens with zero attached hydrogens (tertiary/aromatic N) is 1. The Bertz CT molecular complexity index is 509. The van der Waals surface area contributed by atoms with Gasteiger partial charge in [0.05, 0.1) is 21.3 Å². The lowest BCUT2D eigenvalue weighted by Crippen LogP contribution is -2.45. The second kappa shape index (κ2) is 11.4. The van der Waals surface area contributed by atoms with Gasteiger partial charge in [0.2, 0.25) is 5.75 Å². The van der Waals surface area contributed by atoms with Crippen LogP contribution in [0.2, 0.25) is 0 Å². The molecule has 138 valence electrons. The lowest BCUT2D eigenvalue weighted by atomic mass is 9.99. The molecule has 0 spiro atoms. The first kappa shape index (κ1) is 22.9. The molecular weight excluding hydrogens is 351 g/mol. The van der Waals surface area contributed by atoms with Crippen LogP contribution >= 0.6 is 24.8 Å². The van der Waals surface area contributed by atoms with E-state index < -0.39 is 0 Å². The second-order valence-electron chi connectivity index (χ2n) is 5.25. The van der Waals surface area contributed by atoms with Crippen LogP contribution in [0.5, 0.6) is 17.2 Å². The molecule has 0 aromatic heterocycles. The molecule has 0 bridgehead atoms. The molecule has 1 atom stereocenters. The summed E-state index contributed by atoms with van der Waals surface area (Å²) in [7, 11) is 4.94. The van der Waals surface area contributed by atoms with Gasteiger partial charge < -0.3 is 19.5 Å². The fraction of sp³-hybridized carbons (Fsp3) is 0.529. The Labute approximate surface area is 157 Å². The number of halogens is 2. The van der Waals surface area contributed by atoms with E-state index in [1.54, 1.807) is 21.3 Å². The molecule has 1 heterocycles. The minimum Gasteiger partial charge on any atom is -0.493 e. The molecule has 2 rings (SSSR count). The van der Waals surface area contributed by atoms with Crippen LogP contribution < -0.4 is 19.5 Å². The molecule has 1 aliphatic rings. The highest BCUT2D eigenvalue weighted by atomic mass is 35.5. The summed E-state index contributed by atoms with van der Waals surface area (Å²) >= 11 is 0. The first-order chi connectivity index (χ1) is 10.8. The smallest absolute Gasteiger partial charge is 0.203 e. The van der Waals surface area contributed by atoms with E-state index in [2.05, 4.69) is 22.9 Å². The third-order valence-corrected chi connectivity index (χ3v) is 4.08. The van der Waals surface area contributed by atoms with Gasteiger partial charge in [-0.15, -0.1) is 31.4 Å². The molecule has 0 saturated carbocycles. The van der Waals surface area contributed by atoms with Crippen molar-refractivity contribution in [2.75, 3.05) is 47.5 Å². The van der Waals surface area contributed by atoms with Crippen molar-refractivity contribution < 1.29 is 14.2 Å². The molecule has 5 nitrogen and oxygen atoms in total. The van der Waals surface area contributed by atoms with E-state index >= 15 is 0 Å². The zero-order chi connectivity index (χ0) is 15.9. The highest BCUT2D eigenvalue weighted by Crippen LogP contribution is 2.44. The van der Waals surface area contributed by atoms with E-state index in [0.29, 0.717) is 11.5 Å². The van der Waals surface area contributed by atoms with Gasteiger partial charge in [0, 0.05) is 37.8 Å². The fourth-order valence-corrected chi connectivity index (χ4v) is 3.01. The van der Waals surface area contributed by atoms with Crippen molar-refractivity contribution in [1.82, 2.24) is 10.2 Å². The van der Waals surface area contributed by atoms with Gasteiger partial charge in [-0.05, 0) is 18.6 Å². The Morgan fingerprint density at radius 3 is 2.21 bits per heavy atom. The largest absolute Gasteiger partial charge is 0.493 e. The minimum atomic E-state index is 0. The van der Waals surface area contributed by atoms with Gasteiger partial charge in [0.25, 0.3) is 0 Å². The number of methoxy groups -OCH3 is 3. The molecule has 0 unspecified atom stereocenters. The van der Waals surface area contributed by atoms with Crippen LogP contribution in [-0.2, 0) is 0 Å². The number of nitrogens with one attached hydrogen (secondary N) is 1. The standard InChI is InChI=1S/C17H26N2O3.2ClH/c1-5-6-14(19-11-9-18-10-12-19)13-7-8-15(20-2)17(22-4)16(13)21-3;;/h5,7-8,14,18H,1,6,9-12H2,2-4H3;2*1H/t14-;;/m0../s1. The summed E-state index contributed by atoms with van der Waals surface area (Å²) in [4.78, 5) is 2.46. The summed E-state index contributed by atoms with van der Waals surface area (Å²) in [6.45, 7) is 7.94. The maximum absolute atomic E-state index is 5.65. The molecule has 0 radical (unpaired) electrons. The molecule has 1 aromatic carbocycles. The maximum atomic E-state index is 5.65. The van der Waals surface area contributed by atoms with E-state index in [0.717, 1.165) is 43.9 Å². The highest BCUT2D eigenvalue weighted by Gasteiger charge is 2.27. The average molecular weight is 379 g/mol. The van der Waals surface area contributed by atoms with Crippen molar-refractivity contribution in [3.05, 3.63) is 30.4 Å². The van der Waals surface area contributed by atoms with Crippen LogP contribution in [-0.4, -0.2) is 52.4 Å². The number of rotatable bonds is 7. The third kappa shape index (κ3) is 4.93. The molecule has 0 amide bonds. The lowest BCUT2D eigenvalue weighted by molar-refractivity contribution is 0.170. The molecule has 24 heavy (non-hydrogen) atoms. The molecule has 1 saturated heterocycles. The van der Waals surface area contributed by atoms with Gasteiger partial charge in [-0.3, -0.25) is 4.90 Å². The number of piperazine rings is 1. The molecule has 7 heteroatoms. The monoisotopic (exact) mass is 378 g/mol. The van der Waals surface area contributed by atoms with Crippen molar-refractivity contribution in [3.8, 4) is 17.2 Å². The van der Waals surface area contributed by atoms with Crippen LogP contribution in [0.4, 0.5) is 0 Å². The molecule has 1 aliphatic heterocycles. The van der Waals surface area contributed by atoms with Crippen LogP contribution in [0.15, 0.2) is 24.8 Å². The molecular formula is C17H28Cl2N2O3. The Morgan fingerprint density at radius 2 is 1.71 bits per heavy atom. The van der Waals surface area contributed by atoms with Crippen molar-refractivity contribution in [1.29, 1.82) is 0 Å². The summed E-state index contributed by atoms with van der Waals surface area (Å²) < 4.78 is 16.5. The quantitative estimate of drug-likeness (QED) is 0.738. The first-order valence-corrected chi connectivity index (χ1v) is 7.61. The molecule has 1 aromatic rings. The van der Waals surface area contributed by atoms with Crippen LogP contribution in [0.25, 0.3) is 0 Å². The summed E-state index contributed by atoms with van der Waals surface area (Å²) in [6, 6.07) is 4.24. The lowest BCUT2D eigenvalue weighted by Gasteiger charge is -2.35. The average Bonchev–Trinajstić information content (AvgIpc) is 2.59. The second-order valence-corrected chi connectivity index (χ2v) is 5.25. The number of hydrogen-bond donors (Lipinski definition) is 1. The van der Waals surface area contributed by atoms with E-state index in [1.807, 2.05) is 12.1 Å². The van der Waals surface area contributed by atoms with E-state index in [-0.39, 0.29) is 30.9 Å². The van der Waals surface area contributed by atoms with Crippen LogP contribution in [0.3, 0.4) is 0 Å². The van der Waals surface area contributed by atoms with Crippen LogP contribution in [0.1, 0.15) is 18.0 Å². The van der Waals surface area contributed by atoms with E-state index in [1.165, 1.54) is 0 Å². The zero-order valence-corrected chi connectivity index (χ0v) is 16.2. The molecule has 0 aliphatic carbocycles. The van der Waals surface area contributed by atoms with Crippen LogP contribution in [0, 0.1) is 0 Å². The summed E-state index contributed by atoms with van der Waals surface area (Å²) in [5.41, 5.74) is 1.11. The van der Waals surface area contributed by atoms with E-state index in [4.69, 9.17) is 14.2 Å². The molecule has 1 fully saturated rings. The SMILES string of the molecule is C=CC[C@@H](c1ccc(OC)c(OC)c1OC)N1CCNCC1.Cl.Cl. The number of benzene rings is 1. The Hall–Kier alpha value is -1.14. The predicted molar refractivity (Wildman–Crippen MR) is 103 cm³/mol.